The van der Waals surface area contributed by atoms with Gasteiger partial charge >= 0.3 is 5.97 Å². The first kappa shape index (κ1) is 16.2. The molecule has 0 saturated heterocycles. The van der Waals surface area contributed by atoms with Gasteiger partial charge in [0.25, 0.3) is 0 Å². The van der Waals surface area contributed by atoms with E-state index in [1.807, 2.05) is 36.4 Å². The standard InChI is InChI=1S/C19H22O3/c1-16(20)22-14-13-21-15-19(2,17-9-5-3-6-10-17)18-11-7-4-8-12-18/h3-12H,13-15H2,1-2H3. The third kappa shape index (κ3) is 4.18. The highest BCUT2D eigenvalue weighted by Gasteiger charge is 2.29. The predicted octanol–water partition coefficient (Wildman–Crippen LogP) is 3.57. The minimum atomic E-state index is -0.280. The highest BCUT2D eigenvalue weighted by atomic mass is 16.6. The van der Waals surface area contributed by atoms with Gasteiger partial charge in [0, 0.05) is 12.3 Å². The van der Waals surface area contributed by atoms with Crippen LogP contribution in [0.5, 0.6) is 0 Å². The van der Waals surface area contributed by atoms with Gasteiger partial charge in [-0.15, -0.1) is 0 Å². The SMILES string of the molecule is CC(=O)OCCOCC(C)(c1ccccc1)c1ccccc1. The van der Waals surface area contributed by atoms with Crippen molar-refractivity contribution in [3.63, 3.8) is 0 Å². The summed E-state index contributed by atoms with van der Waals surface area (Å²) in [4.78, 5) is 10.8. The molecule has 0 aromatic heterocycles. The van der Waals surface area contributed by atoms with E-state index in [0.717, 1.165) is 0 Å². The van der Waals surface area contributed by atoms with Crippen LogP contribution in [0.4, 0.5) is 0 Å². The van der Waals surface area contributed by atoms with Gasteiger partial charge in [-0.25, -0.2) is 0 Å². The first-order valence-electron chi connectivity index (χ1n) is 7.45. The number of carbonyl (C=O) groups is 1. The third-order valence-electron chi connectivity index (χ3n) is 3.75. The largest absolute Gasteiger partial charge is 0.463 e. The number of esters is 1. The van der Waals surface area contributed by atoms with Crippen LogP contribution < -0.4 is 0 Å². The van der Waals surface area contributed by atoms with E-state index in [9.17, 15) is 4.79 Å². The zero-order valence-corrected chi connectivity index (χ0v) is 13.1. The number of hydrogen-bond acceptors (Lipinski definition) is 3. The molecule has 0 heterocycles. The predicted molar refractivity (Wildman–Crippen MR) is 86.8 cm³/mol. The zero-order chi connectivity index (χ0) is 15.8. The Morgan fingerprint density at radius 3 is 1.86 bits per heavy atom. The maximum Gasteiger partial charge on any atom is 0.302 e. The Labute approximate surface area is 131 Å². The Kier molecular flexibility index (Phi) is 5.73. The summed E-state index contributed by atoms with van der Waals surface area (Å²) in [6, 6.07) is 20.6. The summed E-state index contributed by atoms with van der Waals surface area (Å²) < 4.78 is 10.7. The number of hydrogen-bond donors (Lipinski definition) is 0. The molecule has 0 amide bonds. The highest BCUT2D eigenvalue weighted by Crippen LogP contribution is 2.32. The van der Waals surface area contributed by atoms with Gasteiger partial charge in [-0.3, -0.25) is 4.79 Å². The number of benzene rings is 2. The topological polar surface area (TPSA) is 35.5 Å². The van der Waals surface area contributed by atoms with Crippen LogP contribution in [-0.4, -0.2) is 25.8 Å². The maximum absolute atomic E-state index is 10.8. The van der Waals surface area contributed by atoms with Crippen molar-refractivity contribution in [1.82, 2.24) is 0 Å². The van der Waals surface area contributed by atoms with Crippen molar-refractivity contribution in [2.45, 2.75) is 19.3 Å². The lowest BCUT2D eigenvalue weighted by molar-refractivity contribution is -0.142. The van der Waals surface area contributed by atoms with Crippen molar-refractivity contribution in [1.29, 1.82) is 0 Å². The fraction of sp³-hybridized carbons (Fsp3) is 0.316. The number of rotatable bonds is 7. The molecule has 0 radical (unpaired) electrons. The second kappa shape index (κ2) is 7.76. The van der Waals surface area contributed by atoms with E-state index in [0.29, 0.717) is 13.2 Å². The Hall–Kier alpha value is -2.13. The van der Waals surface area contributed by atoms with Gasteiger partial charge in [-0.05, 0) is 18.1 Å². The van der Waals surface area contributed by atoms with Gasteiger partial charge < -0.3 is 9.47 Å². The zero-order valence-electron chi connectivity index (χ0n) is 13.1. The van der Waals surface area contributed by atoms with Gasteiger partial charge in [0.1, 0.15) is 6.61 Å². The molecule has 0 unspecified atom stereocenters. The molecular weight excluding hydrogens is 276 g/mol. The fourth-order valence-corrected chi connectivity index (χ4v) is 2.47. The van der Waals surface area contributed by atoms with Crippen LogP contribution in [0.3, 0.4) is 0 Å². The fourth-order valence-electron chi connectivity index (χ4n) is 2.47. The first-order valence-corrected chi connectivity index (χ1v) is 7.45. The molecule has 22 heavy (non-hydrogen) atoms. The molecule has 3 heteroatoms. The van der Waals surface area contributed by atoms with Crippen LogP contribution in [0.1, 0.15) is 25.0 Å². The molecule has 0 bridgehead atoms. The maximum atomic E-state index is 10.8. The second-order valence-electron chi connectivity index (χ2n) is 5.46. The summed E-state index contributed by atoms with van der Waals surface area (Å²) >= 11 is 0. The molecule has 0 aliphatic rings. The van der Waals surface area contributed by atoms with E-state index < -0.39 is 0 Å². The van der Waals surface area contributed by atoms with Crippen LogP contribution in [0.2, 0.25) is 0 Å². The minimum absolute atomic E-state index is 0.237. The van der Waals surface area contributed by atoms with Crippen molar-refractivity contribution >= 4 is 5.97 Å². The van der Waals surface area contributed by atoms with E-state index in [1.54, 1.807) is 0 Å². The summed E-state index contributed by atoms with van der Waals surface area (Å²) in [6.07, 6.45) is 0. The summed E-state index contributed by atoms with van der Waals surface area (Å²) in [5.41, 5.74) is 2.17. The van der Waals surface area contributed by atoms with Crippen molar-refractivity contribution in [3.05, 3.63) is 71.8 Å². The molecule has 0 N–H and O–H groups in total. The smallest absolute Gasteiger partial charge is 0.302 e. The molecule has 0 aliphatic heterocycles. The molecular formula is C19H22O3. The van der Waals surface area contributed by atoms with Gasteiger partial charge in [0.05, 0.1) is 13.2 Å². The molecule has 3 nitrogen and oxygen atoms in total. The van der Waals surface area contributed by atoms with Crippen LogP contribution in [-0.2, 0) is 19.7 Å². The normalized spacial score (nSPS) is 11.2. The lowest BCUT2D eigenvalue weighted by Gasteiger charge is -2.30. The van der Waals surface area contributed by atoms with Gasteiger partial charge in [-0.2, -0.15) is 0 Å². The molecule has 2 rings (SSSR count). The van der Waals surface area contributed by atoms with E-state index in [-0.39, 0.29) is 18.0 Å². The Bertz CT molecular complexity index is 539. The molecule has 2 aromatic rings. The lowest BCUT2D eigenvalue weighted by atomic mass is 9.77. The van der Waals surface area contributed by atoms with E-state index in [1.165, 1.54) is 18.1 Å². The van der Waals surface area contributed by atoms with Gasteiger partial charge in [0.15, 0.2) is 0 Å². The summed E-state index contributed by atoms with van der Waals surface area (Å²) in [6.45, 7) is 4.79. The number of carbonyl (C=O) groups excluding carboxylic acids is 1. The highest BCUT2D eigenvalue weighted by molar-refractivity contribution is 5.65. The Balaban J connectivity index is 2.11. The monoisotopic (exact) mass is 298 g/mol. The average Bonchev–Trinajstić information content (AvgIpc) is 2.55. The Morgan fingerprint density at radius 1 is 0.909 bits per heavy atom. The second-order valence-corrected chi connectivity index (χ2v) is 5.46. The molecule has 0 atom stereocenters. The summed E-state index contributed by atoms with van der Waals surface area (Å²) in [5.74, 6) is -0.280. The Morgan fingerprint density at radius 2 is 1.41 bits per heavy atom. The molecule has 0 fully saturated rings. The third-order valence-corrected chi connectivity index (χ3v) is 3.75. The average molecular weight is 298 g/mol. The van der Waals surface area contributed by atoms with Crippen LogP contribution in [0.25, 0.3) is 0 Å². The molecule has 0 spiro atoms. The van der Waals surface area contributed by atoms with E-state index in [2.05, 4.69) is 31.2 Å². The summed E-state index contributed by atoms with van der Waals surface area (Å²) in [5, 5.41) is 0. The number of ether oxygens (including phenoxy) is 2. The van der Waals surface area contributed by atoms with E-state index in [4.69, 9.17) is 9.47 Å². The lowest BCUT2D eigenvalue weighted by Crippen LogP contribution is -2.30. The quantitative estimate of drug-likeness (QED) is 0.579. The van der Waals surface area contributed by atoms with Crippen molar-refractivity contribution < 1.29 is 14.3 Å². The molecule has 2 aromatic carbocycles. The van der Waals surface area contributed by atoms with Crippen LogP contribution in [0, 0.1) is 0 Å². The van der Waals surface area contributed by atoms with E-state index >= 15 is 0 Å². The van der Waals surface area contributed by atoms with Gasteiger partial charge in [0.2, 0.25) is 0 Å². The van der Waals surface area contributed by atoms with Crippen molar-refractivity contribution in [3.8, 4) is 0 Å². The van der Waals surface area contributed by atoms with Gasteiger partial charge in [-0.1, -0.05) is 60.7 Å². The molecule has 0 saturated carbocycles. The first-order chi connectivity index (χ1) is 10.6. The molecule has 0 aliphatic carbocycles. The van der Waals surface area contributed by atoms with Crippen LogP contribution in [0.15, 0.2) is 60.7 Å². The molecule has 116 valence electrons. The van der Waals surface area contributed by atoms with Crippen molar-refractivity contribution in [2.75, 3.05) is 19.8 Å². The summed E-state index contributed by atoms with van der Waals surface area (Å²) in [7, 11) is 0. The minimum Gasteiger partial charge on any atom is -0.463 e. The van der Waals surface area contributed by atoms with Crippen LogP contribution >= 0.6 is 0 Å². The van der Waals surface area contributed by atoms with Crippen molar-refractivity contribution in [2.24, 2.45) is 0 Å².